The summed E-state index contributed by atoms with van der Waals surface area (Å²) >= 11 is 5.84. The summed E-state index contributed by atoms with van der Waals surface area (Å²) in [7, 11) is 0. The first kappa shape index (κ1) is 14.8. The van der Waals surface area contributed by atoms with E-state index >= 15 is 0 Å². The van der Waals surface area contributed by atoms with Crippen LogP contribution in [-0.2, 0) is 6.54 Å². The number of halogens is 2. The molecule has 96 valence electrons. The molecule has 0 unspecified atom stereocenters. The molecule has 1 fully saturated rings. The SMILES string of the molecule is Cl.NC1CCC(NCc2ccc(Cl)cc2)CC1. The van der Waals surface area contributed by atoms with Gasteiger partial charge in [0.05, 0.1) is 0 Å². The number of benzene rings is 1. The molecule has 0 spiro atoms. The van der Waals surface area contributed by atoms with Crippen molar-refractivity contribution in [2.45, 2.75) is 44.3 Å². The Morgan fingerprint density at radius 3 is 2.29 bits per heavy atom. The molecule has 0 aliphatic heterocycles. The first-order chi connectivity index (χ1) is 7.74. The van der Waals surface area contributed by atoms with Gasteiger partial charge in [-0.2, -0.15) is 0 Å². The van der Waals surface area contributed by atoms with E-state index in [-0.39, 0.29) is 12.4 Å². The van der Waals surface area contributed by atoms with Crippen LogP contribution >= 0.6 is 24.0 Å². The molecule has 3 N–H and O–H groups in total. The molecule has 0 atom stereocenters. The molecule has 0 heterocycles. The summed E-state index contributed by atoms with van der Waals surface area (Å²) in [6.45, 7) is 0.928. The Balaban J connectivity index is 0.00000144. The topological polar surface area (TPSA) is 38.0 Å². The van der Waals surface area contributed by atoms with E-state index < -0.39 is 0 Å². The van der Waals surface area contributed by atoms with Gasteiger partial charge in [0.25, 0.3) is 0 Å². The van der Waals surface area contributed by atoms with Crippen LogP contribution in [0.25, 0.3) is 0 Å². The van der Waals surface area contributed by atoms with E-state index in [0.29, 0.717) is 12.1 Å². The van der Waals surface area contributed by atoms with Gasteiger partial charge < -0.3 is 11.1 Å². The lowest BCUT2D eigenvalue weighted by Crippen LogP contribution is -2.36. The lowest BCUT2D eigenvalue weighted by molar-refractivity contribution is 0.342. The van der Waals surface area contributed by atoms with Crippen molar-refractivity contribution in [3.63, 3.8) is 0 Å². The molecule has 1 aromatic carbocycles. The zero-order valence-corrected chi connectivity index (χ0v) is 11.4. The normalized spacial score (nSPS) is 24.1. The van der Waals surface area contributed by atoms with Crippen molar-refractivity contribution >= 4 is 24.0 Å². The zero-order valence-electron chi connectivity index (χ0n) is 9.86. The fraction of sp³-hybridized carbons (Fsp3) is 0.538. The van der Waals surface area contributed by atoms with Crippen molar-refractivity contribution in [3.8, 4) is 0 Å². The van der Waals surface area contributed by atoms with Crippen LogP contribution in [0.2, 0.25) is 5.02 Å². The highest BCUT2D eigenvalue weighted by Crippen LogP contribution is 2.17. The van der Waals surface area contributed by atoms with Gasteiger partial charge in [0.1, 0.15) is 0 Å². The quantitative estimate of drug-likeness (QED) is 0.889. The highest BCUT2D eigenvalue weighted by Gasteiger charge is 2.17. The Bertz CT molecular complexity index is 319. The van der Waals surface area contributed by atoms with E-state index in [4.69, 9.17) is 17.3 Å². The van der Waals surface area contributed by atoms with Crippen LogP contribution in [0.15, 0.2) is 24.3 Å². The van der Waals surface area contributed by atoms with Gasteiger partial charge in [0, 0.05) is 23.7 Å². The number of nitrogens with one attached hydrogen (secondary N) is 1. The predicted octanol–water partition coefficient (Wildman–Crippen LogP) is 3.12. The molecule has 1 aliphatic rings. The molecule has 2 rings (SSSR count). The third-order valence-corrected chi connectivity index (χ3v) is 3.53. The maximum atomic E-state index is 5.88. The molecule has 0 saturated heterocycles. The van der Waals surface area contributed by atoms with Crippen molar-refractivity contribution < 1.29 is 0 Å². The average Bonchev–Trinajstić information content (AvgIpc) is 2.30. The maximum Gasteiger partial charge on any atom is 0.0406 e. The Hall–Kier alpha value is -0.280. The molecule has 1 saturated carbocycles. The van der Waals surface area contributed by atoms with Gasteiger partial charge in [-0.3, -0.25) is 0 Å². The molecule has 0 aromatic heterocycles. The van der Waals surface area contributed by atoms with Gasteiger partial charge in [-0.25, -0.2) is 0 Å². The Morgan fingerprint density at radius 2 is 1.71 bits per heavy atom. The minimum Gasteiger partial charge on any atom is -0.328 e. The van der Waals surface area contributed by atoms with Crippen LogP contribution in [0.1, 0.15) is 31.2 Å². The van der Waals surface area contributed by atoms with Crippen LogP contribution in [0, 0.1) is 0 Å². The van der Waals surface area contributed by atoms with Gasteiger partial charge in [-0.05, 0) is 43.4 Å². The average molecular weight is 275 g/mol. The smallest absolute Gasteiger partial charge is 0.0406 e. The molecule has 0 amide bonds. The second-order valence-electron chi connectivity index (χ2n) is 4.62. The molecule has 4 heteroatoms. The highest BCUT2D eigenvalue weighted by atomic mass is 35.5. The molecular weight excluding hydrogens is 255 g/mol. The van der Waals surface area contributed by atoms with Crippen LogP contribution < -0.4 is 11.1 Å². The standard InChI is InChI=1S/C13H19ClN2.ClH/c14-11-3-1-10(2-4-11)9-16-13-7-5-12(15)6-8-13;/h1-4,12-13,16H,5-9,15H2;1H. The van der Waals surface area contributed by atoms with Gasteiger partial charge in [0.15, 0.2) is 0 Å². The summed E-state index contributed by atoms with van der Waals surface area (Å²) in [5.74, 6) is 0. The molecule has 17 heavy (non-hydrogen) atoms. The summed E-state index contributed by atoms with van der Waals surface area (Å²) in [5.41, 5.74) is 7.17. The molecule has 1 aliphatic carbocycles. The van der Waals surface area contributed by atoms with Gasteiger partial charge in [-0.15, -0.1) is 12.4 Å². The summed E-state index contributed by atoms with van der Waals surface area (Å²) in [6, 6.07) is 9.09. The largest absolute Gasteiger partial charge is 0.328 e. The van der Waals surface area contributed by atoms with Crippen molar-refractivity contribution in [2.75, 3.05) is 0 Å². The fourth-order valence-electron chi connectivity index (χ4n) is 2.19. The predicted molar refractivity (Wildman–Crippen MR) is 75.8 cm³/mol. The zero-order chi connectivity index (χ0) is 11.4. The third kappa shape index (κ3) is 4.84. The molecule has 2 nitrogen and oxygen atoms in total. The summed E-state index contributed by atoms with van der Waals surface area (Å²) in [5, 5.41) is 4.38. The minimum atomic E-state index is 0. The van der Waals surface area contributed by atoms with Gasteiger partial charge in [-0.1, -0.05) is 23.7 Å². The Kier molecular flexibility index (Phi) is 6.28. The lowest BCUT2D eigenvalue weighted by atomic mass is 9.92. The van der Waals surface area contributed by atoms with Crippen LogP contribution in [0.4, 0.5) is 0 Å². The number of hydrogen-bond donors (Lipinski definition) is 2. The van der Waals surface area contributed by atoms with Crippen molar-refractivity contribution in [3.05, 3.63) is 34.9 Å². The Morgan fingerprint density at radius 1 is 1.12 bits per heavy atom. The van der Waals surface area contributed by atoms with Crippen molar-refractivity contribution in [1.82, 2.24) is 5.32 Å². The number of hydrogen-bond acceptors (Lipinski definition) is 2. The molecule has 0 radical (unpaired) electrons. The summed E-state index contributed by atoms with van der Waals surface area (Å²) < 4.78 is 0. The van der Waals surface area contributed by atoms with Gasteiger partial charge >= 0.3 is 0 Å². The number of rotatable bonds is 3. The van der Waals surface area contributed by atoms with Gasteiger partial charge in [0.2, 0.25) is 0 Å². The van der Waals surface area contributed by atoms with E-state index in [0.717, 1.165) is 24.4 Å². The summed E-state index contributed by atoms with van der Waals surface area (Å²) in [4.78, 5) is 0. The first-order valence-electron chi connectivity index (χ1n) is 5.97. The Labute approximate surface area is 114 Å². The minimum absolute atomic E-state index is 0. The summed E-state index contributed by atoms with van der Waals surface area (Å²) in [6.07, 6.45) is 4.71. The highest BCUT2D eigenvalue weighted by molar-refractivity contribution is 6.30. The van der Waals surface area contributed by atoms with E-state index in [1.807, 2.05) is 12.1 Å². The number of nitrogens with two attached hydrogens (primary N) is 1. The lowest BCUT2D eigenvalue weighted by Gasteiger charge is -2.26. The molecule has 1 aromatic rings. The molecule has 0 bridgehead atoms. The van der Waals surface area contributed by atoms with E-state index in [1.54, 1.807) is 0 Å². The maximum absolute atomic E-state index is 5.88. The molecular formula is C13H20Cl2N2. The third-order valence-electron chi connectivity index (χ3n) is 3.28. The van der Waals surface area contributed by atoms with E-state index in [9.17, 15) is 0 Å². The monoisotopic (exact) mass is 274 g/mol. The van der Waals surface area contributed by atoms with Crippen LogP contribution in [0.3, 0.4) is 0 Å². The second kappa shape index (κ2) is 7.22. The second-order valence-corrected chi connectivity index (χ2v) is 5.06. The van der Waals surface area contributed by atoms with Crippen molar-refractivity contribution in [2.24, 2.45) is 5.73 Å². The van der Waals surface area contributed by atoms with E-state index in [1.165, 1.54) is 18.4 Å². The van der Waals surface area contributed by atoms with E-state index in [2.05, 4.69) is 17.4 Å². The van der Waals surface area contributed by atoms with Crippen LogP contribution in [0.5, 0.6) is 0 Å². The van der Waals surface area contributed by atoms with Crippen LogP contribution in [-0.4, -0.2) is 12.1 Å². The fourth-order valence-corrected chi connectivity index (χ4v) is 2.31. The first-order valence-corrected chi connectivity index (χ1v) is 6.35. The van der Waals surface area contributed by atoms with Crippen molar-refractivity contribution in [1.29, 1.82) is 0 Å².